The van der Waals surface area contributed by atoms with Crippen molar-refractivity contribution in [3.63, 3.8) is 0 Å². The lowest BCUT2D eigenvalue weighted by molar-refractivity contribution is -0.384. The Kier molecular flexibility index (Phi) is 4.79. The minimum Gasteiger partial charge on any atom is -0.258 e. The largest absolute Gasteiger partial charge is 0.269 e. The first-order valence-electron chi connectivity index (χ1n) is 6.09. The summed E-state index contributed by atoms with van der Waals surface area (Å²) < 4.78 is 0. The van der Waals surface area contributed by atoms with E-state index in [4.69, 9.17) is 23.2 Å². The van der Waals surface area contributed by atoms with Crippen LogP contribution in [-0.4, -0.2) is 4.92 Å². The van der Waals surface area contributed by atoms with Gasteiger partial charge in [-0.15, -0.1) is 0 Å². The molecule has 1 atom stereocenters. The summed E-state index contributed by atoms with van der Waals surface area (Å²) in [5, 5.41) is 20.9. The summed E-state index contributed by atoms with van der Waals surface area (Å²) in [4.78, 5) is 10.2. The van der Waals surface area contributed by atoms with Crippen LogP contribution in [0.5, 0.6) is 0 Å². The van der Waals surface area contributed by atoms with Crippen LogP contribution in [0.3, 0.4) is 0 Å². The first-order valence-corrected chi connectivity index (χ1v) is 6.85. The lowest BCUT2D eigenvalue weighted by Gasteiger charge is -2.13. The summed E-state index contributed by atoms with van der Waals surface area (Å²) in [5.74, 6) is -0.507. The molecule has 0 saturated heterocycles. The molecule has 0 N–H and O–H groups in total. The molecule has 21 heavy (non-hydrogen) atoms. The molecular formula is C15H10Cl2N2O2. The Balaban J connectivity index is 2.28. The molecular weight excluding hydrogens is 311 g/mol. The number of nitro benzene ring substituents is 1. The van der Waals surface area contributed by atoms with Crippen molar-refractivity contribution in [2.24, 2.45) is 0 Å². The molecule has 0 fully saturated rings. The number of benzene rings is 2. The second-order valence-corrected chi connectivity index (χ2v) is 5.26. The van der Waals surface area contributed by atoms with Crippen molar-refractivity contribution in [2.45, 2.75) is 12.3 Å². The smallest absolute Gasteiger partial charge is 0.258 e. The van der Waals surface area contributed by atoms with Gasteiger partial charge < -0.3 is 0 Å². The fourth-order valence-electron chi connectivity index (χ4n) is 2.05. The third kappa shape index (κ3) is 3.52. The normalized spacial score (nSPS) is 11.7. The molecule has 0 heterocycles. The number of nitriles is 1. The molecule has 2 rings (SSSR count). The van der Waals surface area contributed by atoms with Crippen molar-refractivity contribution in [1.29, 1.82) is 5.26 Å². The van der Waals surface area contributed by atoms with Crippen LogP contribution < -0.4 is 0 Å². The number of hydrogen-bond donors (Lipinski definition) is 0. The second kappa shape index (κ2) is 6.57. The standard InChI is InChI=1S/C15H10Cl2N2O2/c16-13-2-1-3-14(17)15(13)11(9-18)8-10-4-6-12(7-5-10)19(20)21/h1-7,11H,8H2. The molecule has 2 aromatic carbocycles. The van der Waals surface area contributed by atoms with E-state index >= 15 is 0 Å². The van der Waals surface area contributed by atoms with Gasteiger partial charge in [-0.1, -0.05) is 41.4 Å². The minimum atomic E-state index is -0.507. The molecule has 106 valence electrons. The molecule has 6 heteroatoms. The van der Waals surface area contributed by atoms with Gasteiger partial charge in [-0.25, -0.2) is 0 Å². The van der Waals surface area contributed by atoms with Gasteiger partial charge in [-0.05, 0) is 24.1 Å². The zero-order valence-electron chi connectivity index (χ0n) is 10.8. The number of rotatable bonds is 4. The molecule has 0 radical (unpaired) electrons. The molecule has 1 unspecified atom stereocenters. The monoisotopic (exact) mass is 320 g/mol. The van der Waals surface area contributed by atoms with Crippen LogP contribution in [0.15, 0.2) is 42.5 Å². The molecule has 0 spiro atoms. The van der Waals surface area contributed by atoms with E-state index in [0.717, 1.165) is 5.56 Å². The predicted octanol–water partition coefficient (Wildman–Crippen LogP) is 4.75. The average molecular weight is 321 g/mol. The van der Waals surface area contributed by atoms with E-state index < -0.39 is 10.8 Å². The van der Waals surface area contributed by atoms with E-state index in [2.05, 4.69) is 6.07 Å². The summed E-state index contributed by atoms with van der Waals surface area (Å²) in [7, 11) is 0. The van der Waals surface area contributed by atoms with Gasteiger partial charge in [0.15, 0.2) is 0 Å². The highest BCUT2D eigenvalue weighted by Gasteiger charge is 2.18. The lowest BCUT2D eigenvalue weighted by Crippen LogP contribution is -2.02. The molecule has 0 amide bonds. The zero-order chi connectivity index (χ0) is 15.4. The predicted molar refractivity (Wildman–Crippen MR) is 81.6 cm³/mol. The van der Waals surface area contributed by atoms with Gasteiger partial charge in [0.25, 0.3) is 5.69 Å². The van der Waals surface area contributed by atoms with Crippen molar-refractivity contribution in [3.05, 3.63) is 73.8 Å². The Morgan fingerprint density at radius 2 is 1.71 bits per heavy atom. The minimum absolute atomic E-state index is 0.0167. The quantitative estimate of drug-likeness (QED) is 0.603. The third-order valence-electron chi connectivity index (χ3n) is 3.09. The van der Waals surface area contributed by atoms with E-state index in [0.29, 0.717) is 22.0 Å². The number of halogens is 2. The van der Waals surface area contributed by atoms with Crippen molar-refractivity contribution in [3.8, 4) is 6.07 Å². The number of nitrogens with zero attached hydrogens (tertiary/aromatic N) is 2. The zero-order valence-corrected chi connectivity index (χ0v) is 12.3. The SMILES string of the molecule is N#CC(Cc1ccc([N+](=O)[O-])cc1)c1c(Cl)cccc1Cl. The van der Waals surface area contributed by atoms with Gasteiger partial charge in [0.05, 0.1) is 16.9 Å². The highest BCUT2D eigenvalue weighted by molar-refractivity contribution is 6.36. The Bertz CT molecular complexity index is 688. The third-order valence-corrected chi connectivity index (χ3v) is 3.75. The van der Waals surface area contributed by atoms with Gasteiger partial charge in [-0.3, -0.25) is 10.1 Å². The highest BCUT2D eigenvalue weighted by Crippen LogP contribution is 2.33. The van der Waals surface area contributed by atoms with Gasteiger partial charge in [0, 0.05) is 27.7 Å². The van der Waals surface area contributed by atoms with Crippen molar-refractivity contribution >= 4 is 28.9 Å². The molecule has 0 aliphatic rings. The van der Waals surface area contributed by atoms with Crippen molar-refractivity contribution in [2.75, 3.05) is 0 Å². The maximum Gasteiger partial charge on any atom is 0.269 e. The Labute approximate surface area is 131 Å². The van der Waals surface area contributed by atoms with Crippen LogP contribution >= 0.6 is 23.2 Å². The first-order chi connectivity index (χ1) is 10.0. The van der Waals surface area contributed by atoms with Crippen molar-refractivity contribution < 1.29 is 4.92 Å². The Morgan fingerprint density at radius 3 is 2.19 bits per heavy atom. The summed E-state index contributed by atoms with van der Waals surface area (Å²) in [6, 6.07) is 13.4. The maximum absolute atomic E-state index is 10.6. The summed E-state index contributed by atoms with van der Waals surface area (Å²) >= 11 is 12.2. The molecule has 0 aliphatic carbocycles. The lowest BCUT2D eigenvalue weighted by atomic mass is 9.93. The summed E-state index contributed by atoms with van der Waals surface area (Å²) in [5.41, 5.74) is 1.41. The topological polar surface area (TPSA) is 66.9 Å². The molecule has 0 bridgehead atoms. The van der Waals surface area contributed by atoms with Crippen LogP contribution in [0.25, 0.3) is 0 Å². The fourth-order valence-corrected chi connectivity index (χ4v) is 2.71. The molecule has 4 nitrogen and oxygen atoms in total. The molecule has 0 saturated carbocycles. The molecule has 0 aromatic heterocycles. The van der Waals surface area contributed by atoms with Crippen LogP contribution in [0, 0.1) is 21.4 Å². The Morgan fingerprint density at radius 1 is 1.14 bits per heavy atom. The van der Waals surface area contributed by atoms with Crippen LogP contribution in [-0.2, 0) is 6.42 Å². The number of non-ortho nitro benzene ring substituents is 1. The number of hydrogen-bond acceptors (Lipinski definition) is 3. The molecule has 2 aromatic rings. The van der Waals surface area contributed by atoms with E-state index in [1.165, 1.54) is 12.1 Å². The van der Waals surface area contributed by atoms with Crippen LogP contribution in [0.2, 0.25) is 10.0 Å². The van der Waals surface area contributed by atoms with Crippen molar-refractivity contribution in [1.82, 2.24) is 0 Å². The van der Waals surface area contributed by atoms with Crippen LogP contribution in [0.1, 0.15) is 17.0 Å². The molecule has 0 aliphatic heterocycles. The van der Waals surface area contributed by atoms with Gasteiger partial charge in [0.1, 0.15) is 0 Å². The van der Waals surface area contributed by atoms with E-state index in [1.807, 2.05) is 0 Å². The Hall–Kier alpha value is -2.09. The van der Waals surface area contributed by atoms with E-state index in [-0.39, 0.29) is 5.69 Å². The van der Waals surface area contributed by atoms with E-state index in [1.54, 1.807) is 30.3 Å². The number of nitro groups is 1. The van der Waals surface area contributed by atoms with E-state index in [9.17, 15) is 15.4 Å². The highest BCUT2D eigenvalue weighted by atomic mass is 35.5. The summed E-state index contributed by atoms with van der Waals surface area (Å²) in [6.07, 6.45) is 0.387. The van der Waals surface area contributed by atoms with Crippen LogP contribution in [0.4, 0.5) is 5.69 Å². The van der Waals surface area contributed by atoms with Gasteiger partial charge in [0.2, 0.25) is 0 Å². The fraction of sp³-hybridized carbons (Fsp3) is 0.133. The summed E-state index contributed by atoms with van der Waals surface area (Å²) in [6.45, 7) is 0. The van der Waals surface area contributed by atoms with Gasteiger partial charge in [-0.2, -0.15) is 5.26 Å². The van der Waals surface area contributed by atoms with Gasteiger partial charge >= 0.3 is 0 Å². The first kappa shape index (κ1) is 15.3. The maximum atomic E-state index is 10.6. The average Bonchev–Trinajstić information content (AvgIpc) is 2.46. The second-order valence-electron chi connectivity index (χ2n) is 4.44.